The molecule has 1 aromatic rings. The largest absolute Gasteiger partial charge is 0.495 e. The lowest BCUT2D eigenvalue weighted by Crippen LogP contribution is -2.22. The van der Waals surface area contributed by atoms with Crippen LogP contribution in [0.1, 0.15) is 45.6 Å². The molecule has 0 saturated heterocycles. The van der Waals surface area contributed by atoms with Crippen LogP contribution >= 0.6 is 15.9 Å². The summed E-state index contributed by atoms with van der Waals surface area (Å²) in [6.45, 7) is 8.92. The van der Waals surface area contributed by atoms with Gasteiger partial charge in [-0.05, 0) is 43.4 Å². The van der Waals surface area contributed by atoms with Crippen LogP contribution in [0.3, 0.4) is 0 Å². The van der Waals surface area contributed by atoms with E-state index in [-0.39, 0.29) is 0 Å². The van der Waals surface area contributed by atoms with Gasteiger partial charge in [0.1, 0.15) is 5.75 Å². The van der Waals surface area contributed by atoms with E-state index in [0.29, 0.717) is 6.04 Å². The van der Waals surface area contributed by atoms with Crippen LogP contribution in [-0.2, 0) is 0 Å². The van der Waals surface area contributed by atoms with E-state index in [4.69, 9.17) is 4.74 Å². The van der Waals surface area contributed by atoms with E-state index in [1.807, 2.05) is 6.07 Å². The first-order valence-corrected chi connectivity index (χ1v) is 7.91. The number of aryl methyl sites for hydroxylation is 1. The van der Waals surface area contributed by atoms with Gasteiger partial charge in [0.2, 0.25) is 0 Å². The molecule has 0 bridgehead atoms. The second-order valence-corrected chi connectivity index (χ2v) is 6.21. The molecular formula is C16H26BrNO. The summed E-state index contributed by atoms with van der Waals surface area (Å²) in [4.78, 5) is 0. The second-order valence-electron chi connectivity index (χ2n) is 5.30. The maximum atomic E-state index is 5.49. The Morgan fingerprint density at radius 2 is 1.95 bits per heavy atom. The minimum atomic E-state index is 0.503. The fourth-order valence-electron chi connectivity index (χ4n) is 2.24. The molecule has 0 aliphatic rings. The molecule has 2 unspecified atom stereocenters. The number of methoxy groups -OCH3 is 1. The van der Waals surface area contributed by atoms with E-state index in [2.05, 4.69) is 55.0 Å². The number of hydrogen-bond donors (Lipinski definition) is 1. The molecule has 108 valence electrons. The molecule has 0 fully saturated rings. The van der Waals surface area contributed by atoms with Crippen molar-refractivity contribution in [1.82, 2.24) is 0 Å². The Bertz CT molecular complexity index is 406. The molecule has 0 spiro atoms. The lowest BCUT2D eigenvalue weighted by Gasteiger charge is -2.24. The number of hydrogen-bond acceptors (Lipinski definition) is 2. The quantitative estimate of drug-likeness (QED) is 0.724. The van der Waals surface area contributed by atoms with Crippen molar-refractivity contribution in [2.24, 2.45) is 5.92 Å². The van der Waals surface area contributed by atoms with E-state index in [1.165, 1.54) is 18.4 Å². The van der Waals surface area contributed by atoms with Crippen molar-refractivity contribution in [2.45, 2.75) is 53.0 Å². The molecule has 1 rings (SSSR count). The third kappa shape index (κ3) is 4.72. The summed E-state index contributed by atoms with van der Waals surface area (Å²) in [5, 5.41) is 3.66. The van der Waals surface area contributed by atoms with Gasteiger partial charge in [0.25, 0.3) is 0 Å². The molecule has 0 aliphatic carbocycles. The zero-order valence-electron chi connectivity index (χ0n) is 12.7. The number of benzene rings is 1. The second kappa shape index (κ2) is 7.78. The number of ether oxygens (including phenoxy) is 1. The van der Waals surface area contributed by atoms with Crippen molar-refractivity contribution in [3.05, 3.63) is 22.2 Å². The number of rotatable bonds is 7. The molecule has 0 aromatic heterocycles. The maximum absolute atomic E-state index is 5.49. The summed E-state index contributed by atoms with van der Waals surface area (Å²) in [5.41, 5.74) is 2.34. The van der Waals surface area contributed by atoms with E-state index >= 15 is 0 Å². The molecule has 0 saturated carbocycles. The third-order valence-corrected chi connectivity index (χ3v) is 4.17. The molecule has 3 heteroatoms. The minimum Gasteiger partial charge on any atom is -0.495 e. The molecule has 1 aromatic carbocycles. The molecule has 0 radical (unpaired) electrons. The summed E-state index contributed by atoms with van der Waals surface area (Å²) in [7, 11) is 1.72. The van der Waals surface area contributed by atoms with Gasteiger partial charge in [-0.1, -0.05) is 43.1 Å². The molecule has 2 nitrogen and oxygen atoms in total. The highest BCUT2D eigenvalue weighted by Crippen LogP contribution is 2.33. The molecule has 2 atom stereocenters. The Balaban J connectivity index is 2.90. The third-order valence-electron chi connectivity index (χ3n) is 3.71. The molecule has 0 heterocycles. The van der Waals surface area contributed by atoms with Crippen molar-refractivity contribution in [3.63, 3.8) is 0 Å². The van der Waals surface area contributed by atoms with Crippen LogP contribution in [0.15, 0.2) is 16.6 Å². The maximum Gasteiger partial charge on any atom is 0.143 e. The SMILES string of the molecule is CCC(C)CC(CC)Nc1c(C)cc(Br)cc1OC. The van der Waals surface area contributed by atoms with Gasteiger partial charge in [0.05, 0.1) is 12.8 Å². The van der Waals surface area contributed by atoms with Crippen molar-refractivity contribution in [3.8, 4) is 5.75 Å². The lowest BCUT2D eigenvalue weighted by atomic mass is 9.97. The Morgan fingerprint density at radius 3 is 2.47 bits per heavy atom. The van der Waals surface area contributed by atoms with Gasteiger partial charge in [-0.15, -0.1) is 0 Å². The van der Waals surface area contributed by atoms with Crippen LogP contribution in [0.5, 0.6) is 5.75 Å². The van der Waals surface area contributed by atoms with E-state index in [9.17, 15) is 0 Å². The zero-order valence-corrected chi connectivity index (χ0v) is 14.3. The van der Waals surface area contributed by atoms with Gasteiger partial charge in [-0.2, -0.15) is 0 Å². The lowest BCUT2D eigenvalue weighted by molar-refractivity contribution is 0.413. The molecule has 1 N–H and O–H groups in total. The zero-order chi connectivity index (χ0) is 14.4. The average Bonchev–Trinajstić information content (AvgIpc) is 2.39. The predicted molar refractivity (Wildman–Crippen MR) is 87.2 cm³/mol. The smallest absolute Gasteiger partial charge is 0.143 e. The number of nitrogens with one attached hydrogen (secondary N) is 1. The molecule has 0 aliphatic heterocycles. The fraction of sp³-hybridized carbons (Fsp3) is 0.625. The van der Waals surface area contributed by atoms with Crippen molar-refractivity contribution < 1.29 is 4.74 Å². The summed E-state index contributed by atoms with van der Waals surface area (Å²) in [6.07, 6.45) is 3.56. The minimum absolute atomic E-state index is 0.503. The van der Waals surface area contributed by atoms with Gasteiger partial charge in [-0.25, -0.2) is 0 Å². The van der Waals surface area contributed by atoms with Crippen molar-refractivity contribution in [2.75, 3.05) is 12.4 Å². The summed E-state index contributed by atoms with van der Waals surface area (Å²) in [5.74, 6) is 1.66. The summed E-state index contributed by atoms with van der Waals surface area (Å²) < 4.78 is 6.55. The molecular weight excluding hydrogens is 302 g/mol. The Labute approximate surface area is 126 Å². The van der Waals surface area contributed by atoms with Crippen LogP contribution in [0.2, 0.25) is 0 Å². The predicted octanol–water partition coefficient (Wildman–Crippen LogP) is 5.39. The number of anilines is 1. The Kier molecular flexibility index (Phi) is 6.70. The summed E-state index contributed by atoms with van der Waals surface area (Å²) >= 11 is 3.51. The molecule has 19 heavy (non-hydrogen) atoms. The van der Waals surface area contributed by atoms with Crippen molar-refractivity contribution >= 4 is 21.6 Å². The normalized spacial score (nSPS) is 14.0. The van der Waals surface area contributed by atoms with E-state index < -0.39 is 0 Å². The first-order valence-electron chi connectivity index (χ1n) is 7.12. The van der Waals surface area contributed by atoms with Gasteiger partial charge >= 0.3 is 0 Å². The average molecular weight is 328 g/mol. The van der Waals surface area contributed by atoms with Crippen LogP contribution in [0.4, 0.5) is 5.69 Å². The van der Waals surface area contributed by atoms with Crippen molar-refractivity contribution in [1.29, 1.82) is 0 Å². The summed E-state index contributed by atoms with van der Waals surface area (Å²) in [6, 6.07) is 4.65. The van der Waals surface area contributed by atoms with Gasteiger partial charge in [0.15, 0.2) is 0 Å². The standard InChI is InChI=1S/C16H26BrNO/c1-6-11(3)8-14(7-2)18-16-12(4)9-13(17)10-15(16)19-5/h9-11,14,18H,6-8H2,1-5H3. The highest BCUT2D eigenvalue weighted by Gasteiger charge is 2.15. The monoisotopic (exact) mass is 327 g/mol. The van der Waals surface area contributed by atoms with Gasteiger partial charge < -0.3 is 10.1 Å². The van der Waals surface area contributed by atoms with E-state index in [0.717, 1.165) is 28.2 Å². The van der Waals surface area contributed by atoms with Crippen LogP contribution < -0.4 is 10.1 Å². The topological polar surface area (TPSA) is 21.3 Å². The van der Waals surface area contributed by atoms with E-state index in [1.54, 1.807) is 7.11 Å². The first-order chi connectivity index (χ1) is 9.01. The van der Waals surface area contributed by atoms with Crippen LogP contribution in [0.25, 0.3) is 0 Å². The van der Waals surface area contributed by atoms with Crippen LogP contribution in [-0.4, -0.2) is 13.2 Å². The van der Waals surface area contributed by atoms with Gasteiger partial charge in [0, 0.05) is 10.5 Å². The number of halogens is 1. The Morgan fingerprint density at radius 1 is 1.26 bits per heavy atom. The molecule has 0 amide bonds. The highest BCUT2D eigenvalue weighted by atomic mass is 79.9. The van der Waals surface area contributed by atoms with Crippen LogP contribution in [0, 0.1) is 12.8 Å². The van der Waals surface area contributed by atoms with Gasteiger partial charge in [-0.3, -0.25) is 0 Å². The fourth-order valence-corrected chi connectivity index (χ4v) is 2.79. The first kappa shape index (κ1) is 16.4. The highest BCUT2D eigenvalue weighted by molar-refractivity contribution is 9.10. The Hall–Kier alpha value is -0.700.